The number of aryl methyl sites for hydroxylation is 1. The van der Waals surface area contributed by atoms with E-state index in [2.05, 4.69) is 0 Å². The van der Waals surface area contributed by atoms with Gasteiger partial charge >= 0.3 is 11.8 Å². The van der Waals surface area contributed by atoms with E-state index < -0.39 is 17.4 Å². The van der Waals surface area contributed by atoms with E-state index in [1.54, 1.807) is 32.0 Å². The summed E-state index contributed by atoms with van der Waals surface area (Å²) >= 11 is 0. The lowest BCUT2D eigenvalue weighted by molar-refractivity contribution is -0.137. The summed E-state index contributed by atoms with van der Waals surface area (Å²) in [5, 5.41) is 0.635. The highest BCUT2D eigenvalue weighted by molar-refractivity contribution is 5.91. The van der Waals surface area contributed by atoms with E-state index in [4.69, 9.17) is 9.15 Å². The van der Waals surface area contributed by atoms with Crippen LogP contribution in [0.4, 0.5) is 13.2 Å². The topological polar surface area (TPSA) is 39.4 Å². The maximum Gasteiger partial charge on any atom is 0.416 e. The van der Waals surface area contributed by atoms with Crippen molar-refractivity contribution in [2.24, 2.45) is 0 Å². The van der Waals surface area contributed by atoms with Gasteiger partial charge in [0.15, 0.2) is 0 Å². The molecule has 0 aliphatic heterocycles. The van der Waals surface area contributed by atoms with Crippen LogP contribution in [-0.2, 0) is 6.18 Å². The van der Waals surface area contributed by atoms with Crippen LogP contribution in [0.15, 0.2) is 45.6 Å². The average molecular weight is 348 g/mol. The van der Waals surface area contributed by atoms with Gasteiger partial charge in [-0.3, -0.25) is 0 Å². The summed E-state index contributed by atoms with van der Waals surface area (Å²) < 4.78 is 49.5. The van der Waals surface area contributed by atoms with Crippen LogP contribution >= 0.6 is 0 Å². The highest BCUT2D eigenvalue weighted by atomic mass is 19.4. The first kappa shape index (κ1) is 17.1. The third kappa shape index (κ3) is 2.99. The molecule has 3 nitrogen and oxygen atoms in total. The number of alkyl halides is 3. The summed E-state index contributed by atoms with van der Waals surface area (Å²) in [4.78, 5) is 11.9. The Kier molecular flexibility index (Phi) is 4.06. The number of benzene rings is 2. The minimum absolute atomic E-state index is 0.278. The lowest BCUT2D eigenvalue weighted by Gasteiger charge is -2.13. The first-order valence-electron chi connectivity index (χ1n) is 7.52. The van der Waals surface area contributed by atoms with E-state index in [-0.39, 0.29) is 5.58 Å². The lowest BCUT2D eigenvalue weighted by Crippen LogP contribution is -2.06. The largest absolute Gasteiger partial charge is 0.496 e. The van der Waals surface area contributed by atoms with Crippen molar-refractivity contribution < 1.29 is 22.3 Å². The maximum atomic E-state index is 12.9. The highest BCUT2D eigenvalue weighted by Crippen LogP contribution is 2.37. The van der Waals surface area contributed by atoms with Crippen molar-refractivity contribution in [2.75, 3.05) is 7.11 Å². The second-order valence-corrected chi connectivity index (χ2v) is 5.77. The molecule has 0 N–H and O–H groups in total. The minimum atomic E-state index is -4.43. The number of hydrogen-bond acceptors (Lipinski definition) is 3. The molecule has 0 radical (unpaired) electrons. The molecule has 6 heteroatoms. The van der Waals surface area contributed by atoms with Gasteiger partial charge in [-0.05, 0) is 54.8 Å². The van der Waals surface area contributed by atoms with Crippen molar-refractivity contribution in [2.45, 2.75) is 20.0 Å². The first-order chi connectivity index (χ1) is 11.7. The third-order valence-electron chi connectivity index (χ3n) is 4.26. The molecule has 0 spiro atoms. The van der Waals surface area contributed by atoms with Crippen molar-refractivity contribution in [1.82, 2.24) is 0 Å². The monoisotopic (exact) mass is 348 g/mol. The van der Waals surface area contributed by atoms with Crippen molar-refractivity contribution in [3.8, 4) is 16.9 Å². The molecule has 0 saturated heterocycles. The van der Waals surface area contributed by atoms with Gasteiger partial charge in [0, 0.05) is 5.56 Å². The van der Waals surface area contributed by atoms with Gasteiger partial charge in [0.25, 0.3) is 0 Å². The smallest absolute Gasteiger partial charge is 0.416 e. The summed E-state index contributed by atoms with van der Waals surface area (Å²) in [6.07, 6.45) is -4.43. The Labute approximate surface area is 141 Å². The van der Waals surface area contributed by atoms with Crippen LogP contribution < -0.4 is 10.4 Å². The molecule has 25 heavy (non-hydrogen) atoms. The maximum absolute atomic E-state index is 12.9. The number of rotatable bonds is 2. The molecule has 0 aliphatic rings. The molecule has 1 heterocycles. The molecular weight excluding hydrogens is 333 g/mol. The van der Waals surface area contributed by atoms with Gasteiger partial charge < -0.3 is 9.15 Å². The Hall–Kier alpha value is -2.76. The quantitative estimate of drug-likeness (QED) is 0.605. The zero-order valence-corrected chi connectivity index (χ0v) is 13.8. The van der Waals surface area contributed by atoms with Crippen molar-refractivity contribution in [1.29, 1.82) is 0 Å². The Morgan fingerprint density at radius 3 is 2.36 bits per heavy atom. The fourth-order valence-electron chi connectivity index (χ4n) is 2.76. The van der Waals surface area contributed by atoms with E-state index in [1.807, 2.05) is 0 Å². The number of hydrogen-bond donors (Lipinski definition) is 0. The van der Waals surface area contributed by atoms with Crippen LogP contribution in [0.1, 0.15) is 16.7 Å². The molecule has 0 bridgehead atoms. The van der Waals surface area contributed by atoms with Crippen LogP contribution in [0.3, 0.4) is 0 Å². The predicted molar refractivity (Wildman–Crippen MR) is 88.9 cm³/mol. The molecule has 0 saturated carbocycles. The fourth-order valence-corrected chi connectivity index (χ4v) is 2.76. The van der Waals surface area contributed by atoms with Gasteiger partial charge in [-0.2, -0.15) is 13.2 Å². The number of fused-ring (bicyclic) bond motifs is 1. The van der Waals surface area contributed by atoms with E-state index >= 15 is 0 Å². The molecule has 1 aromatic heterocycles. The minimum Gasteiger partial charge on any atom is -0.496 e. The predicted octanol–water partition coefficient (Wildman–Crippen LogP) is 5.10. The second kappa shape index (κ2) is 5.95. The summed E-state index contributed by atoms with van der Waals surface area (Å²) in [6, 6.07) is 8.17. The molecule has 0 fully saturated rings. The molecule has 0 amide bonds. The lowest BCUT2D eigenvalue weighted by atomic mass is 9.98. The zero-order valence-electron chi connectivity index (χ0n) is 13.8. The average Bonchev–Trinajstić information content (AvgIpc) is 2.58. The normalized spacial score (nSPS) is 11.8. The summed E-state index contributed by atoms with van der Waals surface area (Å²) in [6.45, 7) is 3.43. The summed E-state index contributed by atoms with van der Waals surface area (Å²) in [5.41, 5.74) is 1.08. The number of ether oxygens (including phenoxy) is 1. The fraction of sp³-hybridized carbons (Fsp3) is 0.211. The van der Waals surface area contributed by atoms with Gasteiger partial charge in [0.1, 0.15) is 11.3 Å². The summed E-state index contributed by atoms with van der Waals surface area (Å²) in [7, 11) is 1.46. The molecule has 3 aromatic rings. The van der Waals surface area contributed by atoms with Crippen LogP contribution in [0.25, 0.3) is 22.1 Å². The molecule has 0 aliphatic carbocycles. The summed E-state index contributed by atoms with van der Waals surface area (Å²) in [5.74, 6) is 0.439. The standard InChI is InChI=1S/C19H15F3O3/c1-10-11(2)18(23)25-16-9-13(8-15(24-3)17(10)16)12-5-4-6-14(7-12)19(20,21)22/h4-9H,1-3H3. The second-order valence-electron chi connectivity index (χ2n) is 5.77. The van der Waals surface area contributed by atoms with Crippen LogP contribution in [0.5, 0.6) is 5.75 Å². The molecule has 130 valence electrons. The Bertz CT molecular complexity index is 1020. The van der Waals surface area contributed by atoms with E-state index in [1.165, 1.54) is 13.2 Å². The van der Waals surface area contributed by atoms with Gasteiger partial charge in [0.2, 0.25) is 0 Å². The Balaban J connectivity index is 2.29. The number of methoxy groups -OCH3 is 1. The first-order valence-corrected chi connectivity index (χ1v) is 7.52. The van der Waals surface area contributed by atoms with Gasteiger partial charge in [-0.25, -0.2) is 4.79 Å². The van der Waals surface area contributed by atoms with Gasteiger partial charge in [-0.15, -0.1) is 0 Å². The van der Waals surface area contributed by atoms with Gasteiger partial charge in [-0.1, -0.05) is 12.1 Å². The van der Waals surface area contributed by atoms with Crippen molar-refractivity contribution in [3.05, 3.63) is 63.5 Å². The molecule has 3 rings (SSSR count). The SMILES string of the molecule is COc1cc(-c2cccc(C(F)(F)F)c2)cc2oc(=O)c(C)c(C)c12. The molecular formula is C19H15F3O3. The molecule has 0 atom stereocenters. The third-order valence-corrected chi connectivity index (χ3v) is 4.26. The van der Waals surface area contributed by atoms with E-state index in [0.29, 0.717) is 27.8 Å². The molecule has 2 aromatic carbocycles. The van der Waals surface area contributed by atoms with Crippen LogP contribution in [0, 0.1) is 13.8 Å². The van der Waals surface area contributed by atoms with Crippen LogP contribution in [0.2, 0.25) is 0 Å². The Morgan fingerprint density at radius 1 is 1.00 bits per heavy atom. The van der Waals surface area contributed by atoms with Crippen molar-refractivity contribution >= 4 is 11.0 Å². The van der Waals surface area contributed by atoms with E-state index in [0.717, 1.165) is 17.7 Å². The van der Waals surface area contributed by atoms with E-state index in [9.17, 15) is 18.0 Å². The Morgan fingerprint density at radius 2 is 1.72 bits per heavy atom. The highest BCUT2D eigenvalue weighted by Gasteiger charge is 2.30. The zero-order chi connectivity index (χ0) is 18.4. The van der Waals surface area contributed by atoms with Gasteiger partial charge in [0.05, 0.1) is 18.1 Å². The molecule has 0 unspecified atom stereocenters. The van der Waals surface area contributed by atoms with Crippen LogP contribution in [-0.4, -0.2) is 7.11 Å². The van der Waals surface area contributed by atoms with Crippen molar-refractivity contribution in [3.63, 3.8) is 0 Å². The number of halogens is 3.